The van der Waals surface area contributed by atoms with E-state index in [9.17, 15) is 4.79 Å². The smallest absolute Gasteiger partial charge is 0.220 e. The van der Waals surface area contributed by atoms with Gasteiger partial charge in [0, 0.05) is 19.5 Å². The molecule has 1 unspecified atom stereocenters. The molecule has 0 radical (unpaired) electrons. The van der Waals surface area contributed by atoms with E-state index in [2.05, 4.69) is 29.6 Å². The van der Waals surface area contributed by atoms with Gasteiger partial charge in [-0.15, -0.1) is 0 Å². The van der Waals surface area contributed by atoms with E-state index in [1.165, 1.54) is 17.5 Å². The van der Waals surface area contributed by atoms with Crippen LogP contribution in [-0.4, -0.2) is 19.0 Å². The van der Waals surface area contributed by atoms with E-state index in [0.29, 0.717) is 25.4 Å². The Morgan fingerprint density at radius 2 is 2.24 bits per heavy atom. The summed E-state index contributed by atoms with van der Waals surface area (Å²) in [5.41, 5.74) is 8.15. The van der Waals surface area contributed by atoms with Gasteiger partial charge in [0.25, 0.3) is 0 Å². The molecule has 0 aliphatic heterocycles. The molecule has 0 bridgehead atoms. The second-order valence-electron chi connectivity index (χ2n) is 4.63. The van der Waals surface area contributed by atoms with Gasteiger partial charge >= 0.3 is 0 Å². The minimum atomic E-state index is 0.122. The molecule has 1 amide bonds. The summed E-state index contributed by atoms with van der Waals surface area (Å²) in [6.07, 6.45) is 4.05. The van der Waals surface area contributed by atoms with Gasteiger partial charge in [0.2, 0.25) is 5.91 Å². The monoisotopic (exact) mass is 232 g/mol. The maximum atomic E-state index is 11.7. The van der Waals surface area contributed by atoms with Crippen molar-refractivity contribution in [2.24, 2.45) is 5.73 Å². The fourth-order valence-electron chi connectivity index (χ4n) is 2.57. The highest BCUT2D eigenvalue weighted by atomic mass is 16.1. The minimum Gasteiger partial charge on any atom is -0.355 e. The third kappa shape index (κ3) is 3.07. The average Bonchev–Trinajstić information content (AvgIpc) is 2.37. The largest absolute Gasteiger partial charge is 0.355 e. The summed E-state index contributed by atoms with van der Waals surface area (Å²) in [6.45, 7) is 1.08. The van der Waals surface area contributed by atoms with Crippen molar-refractivity contribution in [1.82, 2.24) is 5.32 Å². The Morgan fingerprint density at radius 3 is 3.06 bits per heavy atom. The van der Waals surface area contributed by atoms with E-state index in [4.69, 9.17) is 5.73 Å². The van der Waals surface area contributed by atoms with Gasteiger partial charge in [-0.05, 0) is 36.3 Å². The van der Waals surface area contributed by atoms with Crippen LogP contribution in [0.2, 0.25) is 0 Å². The quantitative estimate of drug-likeness (QED) is 0.828. The van der Waals surface area contributed by atoms with E-state index in [1.807, 2.05) is 0 Å². The van der Waals surface area contributed by atoms with Crippen LogP contribution in [0, 0.1) is 0 Å². The van der Waals surface area contributed by atoms with Gasteiger partial charge in [0.05, 0.1) is 0 Å². The summed E-state index contributed by atoms with van der Waals surface area (Å²) in [5.74, 6) is 0.509. The zero-order valence-electron chi connectivity index (χ0n) is 10.1. The van der Waals surface area contributed by atoms with Gasteiger partial charge in [-0.2, -0.15) is 0 Å². The highest BCUT2D eigenvalue weighted by Gasteiger charge is 2.21. The van der Waals surface area contributed by atoms with Crippen LogP contribution in [0.3, 0.4) is 0 Å². The molecule has 1 aliphatic rings. The van der Waals surface area contributed by atoms with Crippen LogP contribution < -0.4 is 11.1 Å². The Morgan fingerprint density at radius 1 is 1.41 bits per heavy atom. The molecule has 3 nitrogen and oxygen atoms in total. The number of nitrogens with two attached hydrogens (primary N) is 1. The van der Waals surface area contributed by atoms with E-state index in [0.717, 1.165) is 12.8 Å². The highest BCUT2D eigenvalue weighted by Crippen LogP contribution is 2.33. The van der Waals surface area contributed by atoms with Crippen molar-refractivity contribution in [3.8, 4) is 0 Å². The third-order valence-electron chi connectivity index (χ3n) is 3.39. The number of benzene rings is 1. The summed E-state index contributed by atoms with van der Waals surface area (Å²) in [5, 5.41) is 2.85. The summed E-state index contributed by atoms with van der Waals surface area (Å²) < 4.78 is 0. The summed E-state index contributed by atoms with van der Waals surface area (Å²) in [6, 6.07) is 8.49. The number of rotatable bonds is 4. The average molecular weight is 232 g/mol. The molecule has 0 fully saturated rings. The zero-order chi connectivity index (χ0) is 12.1. The van der Waals surface area contributed by atoms with Gasteiger partial charge in [0.1, 0.15) is 0 Å². The fraction of sp³-hybridized carbons (Fsp3) is 0.500. The van der Waals surface area contributed by atoms with Crippen molar-refractivity contribution in [3.05, 3.63) is 35.4 Å². The lowest BCUT2D eigenvalue weighted by molar-refractivity contribution is -0.121. The molecular formula is C14H20N2O. The number of fused-ring (bicyclic) bond motifs is 1. The molecule has 1 aromatic carbocycles. The molecule has 2 rings (SSSR count). The van der Waals surface area contributed by atoms with Crippen LogP contribution in [0.25, 0.3) is 0 Å². The lowest BCUT2D eigenvalue weighted by atomic mass is 9.81. The van der Waals surface area contributed by atoms with Gasteiger partial charge in [-0.3, -0.25) is 4.79 Å². The number of carbonyl (C=O) groups excluding carboxylic acids is 1. The van der Waals surface area contributed by atoms with Crippen LogP contribution >= 0.6 is 0 Å². The SMILES string of the molecule is NCCNC(=O)CC1CCCc2ccccc21. The number of nitrogens with one attached hydrogen (secondary N) is 1. The highest BCUT2D eigenvalue weighted by molar-refractivity contribution is 5.77. The molecule has 0 saturated heterocycles. The van der Waals surface area contributed by atoms with Gasteiger partial charge in [-0.25, -0.2) is 0 Å². The number of carbonyl (C=O) groups is 1. The van der Waals surface area contributed by atoms with Crippen molar-refractivity contribution in [1.29, 1.82) is 0 Å². The Labute approximate surface area is 102 Å². The normalized spacial score (nSPS) is 18.5. The Kier molecular flexibility index (Phi) is 4.15. The topological polar surface area (TPSA) is 55.1 Å². The molecule has 0 aromatic heterocycles. The minimum absolute atomic E-state index is 0.122. The molecule has 1 aliphatic carbocycles. The Balaban J connectivity index is 2.01. The molecule has 1 aromatic rings. The van der Waals surface area contributed by atoms with E-state index < -0.39 is 0 Å². The predicted molar refractivity (Wildman–Crippen MR) is 68.8 cm³/mol. The first-order chi connectivity index (χ1) is 8.31. The third-order valence-corrected chi connectivity index (χ3v) is 3.39. The van der Waals surface area contributed by atoms with Crippen molar-refractivity contribution < 1.29 is 4.79 Å². The van der Waals surface area contributed by atoms with Gasteiger partial charge in [0.15, 0.2) is 0 Å². The predicted octanol–water partition coefficient (Wildman–Crippen LogP) is 1.57. The number of hydrogen-bond acceptors (Lipinski definition) is 2. The maximum absolute atomic E-state index is 11.7. The molecule has 3 heteroatoms. The molecule has 3 N–H and O–H groups in total. The lowest BCUT2D eigenvalue weighted by Crippen LogP contribution is -2.30. The second-order valence-corrected chi connectivity index (χ2v) is 4.63. The molecular weight excluding hydrogens is 212 g/mol. The van der Waals surface area contributed by atoms with Gasteiger partial charge < -0.3 is 11.1 Å². The van der Waals surface area contributed by atoms with Crippen molar-refractivity contribution >= 4 is 5.91 Å². The van der Waals surface area contributed by atoms with E-state index >= 15 is 0 Å². The number of amides is 1. The van der Waals surface area contributed by atoms with Crippen LogP contribution in [0.15, 0.2) is 24.3 Å². The first kappa shape index (κ1) is 12.1. The van der Waals surface area contributed by atoms with Crippen molar-refractivity contribution in [2.45, 2.75) is 31.6 Å². The van der Waals surface area contributed by atoms with Crippen molar-refractivity contribution in [2.75, 3.05) is 13.1 Å². The molecule has 92 valence electrons. The van der Waals surface area contributed by atoms with Gasteiger partial charge in [-0.1, -0.05) is 24.3 Å². The lowest BCUT2D eigenvalue weighted by Gasteiger charge is -2.24. The zero-order valence-corrected chi connectivity index (χ0v) is 10.1. The molecule has 0 spiro atoms. The van der Waals surface area contributed by atoms with Crippen LogP contribution in [0.1, 0.15) is 36.3 Å². The van der Waals surface area contributed by atoms with E-state index in [1.54, 1.807) is 0 Å². The molecule has 0 saturated carbocycles. The Hall–Kier alpha value is -1.35. The second kappa shape index (κ2) is 5.82. The summed E-state index contributed by atoms with van der Waals surface area (Å²) >= 11 is 0. The first-order valence-corrected chi connectivity index (χ1v) is 6.36. The van der Waals surface area contributed by atoms with Crippen LogP contribution in [-0.2, 0) is 11.2 Å². The van der Waals surface area contributed by atoms with Crippen LogP contribution in [0.5, 0.6) is 0 Å². The number of aryl methyl sites for hydroxylation is 1. The summed E-state index contributed by atoms with van der Waals surface area (Å²) in [4.78, 5) is 11.7. The first-order valence-electron chi connectivity index (χ1n) is 6.36. The van der Waals surface area contributed by atoms with Crippen LogP contribution in [0.4, 0.5) is 0 Å². The number of hydrogen-bond donors (Lipinski definition) is 2. The maximum Gasteiger partial charge on any atom is 0.220 e. The summed E-state index contributed by atoms with van der Waals surface area (Å²) in [7, 11) is 0. The fourth-order valence-corrected chi connectivity index (χ4v) is 2.57. The standard InChI is InChI=1S/C14H20N2O/c15-8-9-16-14(17)10-12-6-3-5-11-4-1-2-7-13(11)12/h1-2,4,7,12H,3,5-6,8-10,15H2,(H,16,17). The molecule has 0 heterocycles. The molecule has 1 atom stereocenters. The Bertz CT molecular complexity index is 390. The van der Waals surface area contributed by atoms with Crippen molar-refractivity contribution in [3.63, 3.8) is 0 Å². The molecule has 17 heavy (non-hydrogen) atoms. The van der Waals surface area contributed by atoms with E-state index in [-0.39, 0.29) is 5.91 Å².